The molecule has 15 N–H and O–H groups in total. The van der Waals surface area contributed by atoms with Crippen molar-refractivity contribution >= 4 is 46.5 Å². The van der Waals surface area contributed by atoms with Gasteiger partial charge in [0, 0.05) is 36.6 Å². The maximum atomic E-state index is 13.3. The Bertz CT molecular complexity index is 1250. The summed E-state index contributed by atoms with van der Waals surface area (Å²) in [4.78, 5) is 61.4. The number of nitrogens with one attached hydrogen (secondary N) is 4. The first kappa shape index (κ1) is 32.4. The van der Waals surface area contributed by atoms with Gasteiger partial charge in [0.05, 0.1) is 6.54 Å². The van der Waals surface area contributed by atoms with E-state index >= 15 is 0 Å². The second-order valence-electron chi connectivity index (χ2n) is 9.25. The average Bonchev–Trinajstić information content (AvgIpc) is 3.33. The fraction of sp³-hybridized carbons (Fsp3) is 0.440. The summed E-state index contributed by atoms with van der Waals surface area (Å²) in [6, 6.07) is 3.88. The Balaban J connectivity index is 2.19. The topological polar surface area (TPSA) is 295 Å². The quantitative estimate of drug-likeness (QED) is 0.0531. The zero-order valence-corrected chi connectivity index (χ0v) is 22.6. The van der Waals surface area contributed by atoms with Gasteiger partial charge < -0.3 is 54.7 Å². The summed E-state index contributed by atoms with van der Waals surface area (Å²) < 4.78 is 0. The first-order valence-corrected chi connectivity index (χ1v) is 13.0. The fourth-order valence-electron chi connectivity index (χ4n) is 4.06. The number of carbonyl (C=O) groups excluding carboxylic acids is 3. The standard InChI is InChI=1S/C25H39N11O5/c26-12-20(37)34-17(7-3-9-31-24(27)28)21(38)35-18(8-4-10-32-25(29)30)22(39)36-19(23(40)41)11-14-13-33-16-6-2-1-5-15(14)16/h1-2,5-6,13,17-19,33H,3-4,7-12,26H2,(H,34,37)(H,35,38)(H,36,39)(H,40,41)(H4,27,28,31)(H4,29,30,32). The number of aliphatic imine (C=N–C) groups is 2. The lowest BCUT2D eigenvalue weighted by Crippen LogP contribution is -2.56. The highest BCUT2D eigenvalue weighted by Crippen LogP contribution is 2.19. The van der Waals surface area contributed by atoms with E-state index in [4.69, 9.17) is 28.7 Å². The molecule has 0 aliphatic heterocycles. The van der Waals surface area contributed by atoms with Gasteiger partial charge in [-0.05, 0) is 37.3 Å². The first-order chi connectivity index (χ1) is 19.5. The van der Waals surface area contributed by atoms with Crippen LogP contribution >= 0.6 is 0 Å². The van der Waals surface area contributed by atoms with Crippen molar-refractivity contribution in [1.82, 2.24) is 20.9 Å². The number of carboxylic acid groups (broad SMARTS) is 1. The van der Waals surface area contributed by atoms with Gasteiger partial charge in [0.25, 0.3) is 0 Å². The highest BCUT2D eigenvalue weighted by atomic mass is 16.4. The number of nitrogens with two attached hydrogens (primary N) is 5. The van der Waals surface area contributed by atoms with Crippen molar-refractivity contribution in [2.45, 2.75) is 50.2 Å². The van der Waals surface area contributed by atoms with Crippen molar-refractivity contribution < 1.29 is 24.3 Å². The number of fused-ring (bicyclic) bond motifs is 1. The molecule has 1 aromatic heterocycles. The van der Waals surface area contributed by atoms with E-state index in [0.29, 0.717) is 18.4 Å². The van der Waals surface area contributed by atoms with Gasteiger partial charge in [-0.2, -0.15) is 0 Å². The minimum Gasteiger partial charge on any atom is -0.480 e. The molecule has 2 rings (SSSR count). The number of aliphatic carboxylic acids is 1. The van der Waals surface area contributed by atoms with Crippen LogP contribution in [0.4, 0.5) is 0 Å². The third kappa shape index (κ3) is 11.0. The molecular weight excluding hydrogens is 534 g/mol. The molecule has 0 aliphatic carbocycles. The molecule has 16 nitrogen and oxygen atoms in total. The molecule has 41 heavy (non-hydrogen) atoms. The molecule has 0 fully saturated rings. The predicted octanol–water partition coefficient (Wildman–Crippen LogP) is -2.68. The lowest BCUT2D eigenvalue weighted by atomic mass is 10.0. The number of nitrogens with zero attached hydrogens (tertiary/aromatic N) is 2. The Morgan fingerprint density at radius 2 is 1.37 bits per heavy atom. The van der Waals surface area contributed by atoms with Crippen molar-refractivity contribution in [2.75, 3.05) is 19.6 Å². The summed E-state index contributed by atoms with van der Waals surface area (Å²) in [7, 11) is 0. The highest BCUT2D eigenvalue weighted by Gasteiger charge is 2.29. The maximum absolute atomic E-state index is 13.3. The molecule has 16 heteroatoms. The maximum Gasteiger partial charge on any atom is 0.326 e. The van der Waals surface area contributed by atoms with E-state index in [2.05, 4.69) is 30.9 Å². The van der Waals surface area contributed by atoms with E-state index in [9.17, 15) is 24.3 Å². The molecule has 0 bridgehead atoms. The predicted molar refractivity (Wildman–Crippen MR) is 154 cm³/mol. The van der Waals surface area contributed by atoms with Gasteiger partial charge >= 0.3 is 5.97 Å². The van der Waals surface area contributed by atoms with Crippen LogP contribution in [0.1, 0.15) is 31.2 Å². The van der Waals surface area contributed by atoms with Gasteiger partial charge in [0.2, 0.25) is 17.7 Å². The van der Waals surface area contributed by atoms with Gasteiger partial charge in [-0.15, -0.1) is 0 Å². The van der Waals surface area contributed by atoms with Gasteiger partial charge in [-0.1, -0.05) is 18.2 Å². The SMILES string of the molecule is NCC(=O)NC(CCCN=C(N)N)C(=O)NC(CCCN=C(N)N)C(=O)NC(Cc1c[nH]c2ccccc12)C(=O)O. The minimum absolute atomic E-state index is 0.000270. The van der Waals surface area contributed by atoms with Crippen LogP contribution in [0.3, 0.4) is 0 Å². The Morgan fingerprint density at radius 1 is 0.829 bits per heavy atom. The Morgan fingerprint density at radius 3 is 1.90 bits per heavy atom. The summed E-state index contributed by atoms with van der Waals surface area (Å²) in [5, 5.41) is 18.3. The van der Waals surface area contributed by atoms with Gasteiger partial charge in [0.1, 0.15) is 18.1 Å². The number of hydrogen-bond acceptors (Lipinski definition) is 7. The van der Waals surface area contributed by atoms with Gasteiger partial charge in [0.15, 0.2) is 11.9 Å². The number of para-hydroxylation sites is 1. The summed E-state index contributed by atoms with van der Waals surface area (Å²) >= 11 is 0. The van der Waals surface area contributed by atoms with E-state index < -0.39 is 41.8 Å². The van der Waals surface area contributed by atoms with Crippen LogP contribution < -0.4 is 44.6 Å². The molecule has 1 heterocycles. The first-order valence-electron chi connectivity index (χ1n) is 13.0. The molecular formula is C25H39N11O5. The number of guanidine groups is 2. The third-order valence-electron chi connectivity index (χ3n) is 6.07. The number of hydrogen-bond donors (Lipinski definition) is 10. The van der Waals surface area contributed by atoms with Crippen LogP contribution in [0, 0.1) is 0 Å². The van der Waals surface area contributed by atoms with E-state index in [1.54, 1.807) is 6.20 Å². The molecule has 0 spiro atoms. The summed E-state index contributed by atoms with van der Waals surface area (Å²) in [5.41, 5.74) is 28.3. The molecule has 0 aliphatic rings. The second-order valence-corrected chi connectivity index (χ2v) is 9.25. The fourth-order valence-corrected chi connectivity index (χ4v) is 4.06. The molecule has 0 saturated carbocycles. The molecule has 0 radical (unpaired) electrons. The average molecular weight is 574 g/mol. The zero-order valence-electron chi connectivity index (χ0n) is 22.6. The van der Waals surface area contributed by atoms with Crippen molar-refractivity contribution in [3.05, 3.63) is 36.0 Å². The smallest absolute Gasteiger partial charge is 0.326 e. The van der Waals surface area contributed by atoms with Crippen molar-refractivity contribution in [3.63, 3.8) is 0 Å². The van der Waals surface area contributed by atoms with Crippen LogP contribution in [-0.4, -0.2) is 83.5 Å². The van der Waals surface area contributed by atoms with E-state index in [1.165, 1.54) is 0 Å². The highest BCUT2D eigenvalue weighted by molar-refractivity contribution is 5.94. The molecule has 0 saturated heterocycles. The molecule has 3 unspecified atom stereocenters. The number of benzene rings is 1. The summed E-state index contributed by atoms with van der Waals surface area (Å²) in [5.74, 6) is -3.46. The second kappa shape index (κ2) is 16.3. The minimum atomic E-state index is -1.29. The lowest BCUT2D eigenvalue weighted by molar-refractivity contribution is -0.142. The number of carbonyl (C=O) groups is 4. The Hall–Kier alpha value is -4.86. The monoisotopic (exact) mass is 573 g/mol. The molecule has 3 atom stereocenters. The number of aromatic nitrogens is 1. The zero-order chi connectivity index (χ0) is 30.4. The molecule has 2 aromatic rings. The van der Waals surface area contributed by atoms with Crippen LogP contribution in [0.2, 0.25) is 0 Å². The van der Waals surface area contributed by atoms with Crippen LogP contribution in [0.25, 0.3) is 10.9 Å². The molecule has 224 valence electrons. The van der Waals surface area contributed by atoms with Gasteiger partial charge in [-0.25, -0.2) is 4.79 Å². The van der Waals surface area contributed by atoms with Gasteiger partial charge in [-0.3, -0.25) is 24.4 Å². The summed E-state index contributed by atoms with van der Waals surface area (Å²) in [6.45, 7) is 0.0287. The van der Waals surface area contributed by atoms with Crippen molar-refractivity contribution in [3.8, 4) is 0 Å². The van der Waals surface area contributed by atoms with E-state index in [0.717, 1.165) is 10.9 Å². The van der Waals surface area contributed by atoms with Crippen LogP contribution in [-0.2, 0) is 25.6 Å². The number of H-pyrrole nitrogens is 1. The van der Waals surface area contributed by atoms with E-state index in [-0.39, 0.29) is 50.8 Å². The Labute approximate surface area is 236 Å². The number of aromatic amines is 1. The molecule has 1 aromatic carbocycles. The van der Waals surface area contributed by atoms with Crippen LogP contribution in [0.15, 0.2) is 40.4 Å². The number of carboxylic acids is 1. The summed E-state index contributed by atoms with van der Waals surface area (Å²) in [6.07, 6.45) is 2.55. The molecule has 3 amide bonds. The van der Waals surface area contributed by atoms with Crippen molar-refractivity contribution in [2.24, 2.45) is 38.7 Å². The van der Waals surface area contributed by atoms with Crippen LogP contribution in [0.5, 0.6) is 0 Å². The number of rotatable bonds is 17. The van der Waals surface area contributed by atoms with Crippen molar-refractivity contribution in [1.29, 1.82) is 0 Å². The Kier molecular flexibility index (Phi) is 12.9. The third-order valence-corrected chi connectivity index (χ3v) is 6.07. The van der Waals surface area contributed by atoms with E-state index in [1.807, 2.05) is 24.3 Å². The normalized spacial score (nSPS) is 12.9. The lowest BCUT2D eigenvalue weighted by Gasteiger charge is -2.24. The largest absolute Gasteiger partial charge is 0.480 e. The number of amides is 3.